The lowest BCUT2D eigenvalue weighted by Gasteiger charge is -2.11. The lowest BCUT2D eigenvalue weighted by molar-refractivity contribution is 0.764. The average Bonchev–Trinajstić information content (AvgIpc) is 3.54. The molecule has 2 aromatic carbocycles. The molecule has 7 nitrogen and oxygen atoms in total. The summed E-state index contributed by atoms with van der Waals surface area (Å²) in [6.45, 7) is 0.427. The van der Waals surface area contributed by atoms with E-state index in [1.54, 1.807) is 33.9 Å². The van der Waals surface area contributed by atoms with Gasteiger partial charge in [-0.05, 0) is 29.8 Å². The Morgan fingerprint density at radius 2 is 1.74 bits per heavy atom. The van der Waals surface area contributed by atoms with Gasteiger partial charge in [0.15, 0.2) is 5.16 Å². The van der Waals surface area contributed by atoms with Crippen molar-refractivity contribution in [2.75, 3.05) is 0 Å². The number of para-hydroxylation sites is 1. The van der Waals surface area contributed by atoms with Crippen LogP contribution in [0, 0.1) is 0 Å². The second kappa shape index (κ2) is 8.85. The fourth-order valence-electron chi connectivity index (χ4n) is 3.85. The van der Waals surface area contributed by atoms with Crippen molar-refractivity contribution < 1.29 is 0 Å². The first-order chi connectivity index (χ1) is 16.8. The number of aromatic nitrogens is 6. The quantitative estimate of drug-likeness (QED) is 0.314. The summed E-state index contributed by atoms with van der Waals surface area (Å²) in [5.41, 5.74) is 3.58. The summed E-state index contributed by atoms with van der Waals surface area (Å²) in [5.74, 6) is 1.17. The highest BCUT2D eigenvalue weighted by Gasteiger charge is 2.17. The van der Waals surface area contributed by atoms with Crippen LogP contribution in [0.2, 0.25) is 0 Å². The van der Waals surface area contributed by atoms with Gasteiger partial charge in [0.1, 0.15) is 5.01 Å². The molecule has 0 bridgehead atoms. The monoisotopic (exact) mass is 482 g/mol. The molecule has 0 N–H and O–H groups in total. The number of rotatable bonds is 6. The van der Waals surface area contributed by atoms with Crippen LogP contribution in [0.25, 0.3) is 27.4 Å². The normalized spacial score (nSPS) is 11.4. The van der Waals surface area contributed by atoms with E-state index in [2.05, 4.69) is 15.2 Å². The minimum absolute atomic E-state index is 0.0737. The van der Waals surface area contributed by atoms with Crippen molar-refractivity contribution in [2.45, 2.75) is 17.5 Å². The fraction of sp³-hybridized carbons (Fsp3) is 0.0800. The summed E-state index contributed by atoms with van der Waals surface area (Å²) in [6, 6.07) is 23.3. The van der Waals surface area contributed by atoms with Gasteiger partial charge in [-0.25, -0.2) is 4.98 Å². The zero-order valence-corrected chi connectivity index (χ0v) is 19.5. The van der Waals surface area contributed by atoms with E-state index in [4.69, 9.17) is 4.98 Å². The highest BCUT2D eigenvalue weighted by Crippen LogP contribution is 2.28. The van der Waals surface area contributed by atoms with Gasteiger partial charge < -0.3 is 0 Å². The average molecular weight is 483 g/mol. The molecule has 166 valence electrons. The van der Waals surface area contributed by atoms with Gasteiger partial charge in [-0.3, -0.25) is 18.7 Å². The van der Waals surface area contributed by atoms with Gasteiger partial charge in [0.2, 0.25) is 5.78 Å². The predicted octanol–water partition coefficient (Wildman–Crippen LogP) is 4.90. The molecular formula is C25H18N6OS2. The molecule has 9 heteroatoms. The first-order valence-corrected chi connectivity index (χ1v) is 12.5. The third kappa shape index (κ3) is 3.78. The molecule has 34 heavy (non-hydrogen) atoms. The van der Waals surface area contributed by atoms with E-state index in [1.165, 1.54) is 0 Å². The summed E-state index contributed by atoms with van der Waals surface area (Å²) in [7, 11) is 0. The molecule has 0 atom stereocenters. The Kier molecular flexibility index (Phi) is 5.40. The van der Waals surface area contributed by atoms with E-state index in [0.29, 0.717) is 23.5 Å². The zero-order valence-electron chi connectivity index (χ0n) is 17.9. The Hall–Kier alpha value is -3.82. The summed E-state index contributed by atoms with van der Waals surface area (Å²) < 4.78 is 3.66. The van der Waals surface area contributed by atoms with Crippen molar-refractivity contribution in [2.24, 2.45) is 0 Å². The van der Waals surface area contributed by atoms with Crippen LogP contribution >= 0.6 is 23.1 Å². The van der Waals surface area contributed by atoms with E-state index < -0.39 is 0 Å². The molecular weight excluding hydrogens is 464 g/mol. The van der Waals surface area contributed by atoms with Gasteiger partial charge in [-0.1, -0.05) is 60.3 Å². The molecule has 6 rings (SSSR count). The van der Waals surface area contributed by atoms with Crippen LogP contribution in [-0.4, -0.2) is 29.1 Å². The third-order valence-corrected chi connectivity index (χ3v) is 7.32. The smallest absolute Gasteiger partial charge is 0.263 e. The number of benzene rings is 2. The molecule has 0 spiro atoms. The molecule has 0 aliphatic heterocycles. The maximum absolute atomic E-state index is 13.3. The lowest BCUT2D eigenvalue weighted by atomic mass is 10.2. The molecule has 6 aromatic rings. The number of hydrogen-bond acceptors (Lipinski definition) is 7. The van der Waals surface area contributed by atoms with Crippen molar-refractivity contribution >= 4 is 39.8 Å². The van der Waals surface area contributed by atoms with Gasteiger partial charge in [0.05, 0.1) is 28.8 Å². The Labute approximate surface area is 202 Å². The van der Waals surface area contributed by atoms with Crippen LogP contribution in [0.5, 0.6) is 0 Å². The van der Waals surface area contributed by atoms with Crippen LogP contribution in [0.4, 0.5) is 0 Å². The SMILES string of the molecule is O=c1c2ccccc2n2c(SCc3csc(-c4ccccn4)n3)nnc2n1Cc1ccccc1. The third-order valence-electron chi connectivity index (χ3n) is 5.45. The van der Waals surface area contributed by atoms with Crippen molar-refractivity contribution in [1.82, 2.24) is 29.1 Å². The minimum Gasteiger partial charge on any atom is -0.272 e. The molecule has 0 saturated carbocycles. The van der Waals surface area contributed by atoms with Crippen LogP contribution in [0.15, 0.2) is 94.3 Å². The van der Waals surface area contributed by atoms with Crippen molar-refractivity contribution in [3.8, 4) is 10.7 Å². The Morgan fingerprint density at radius 1 is 0.912 bits per heavy atom. The number of thioether (sulfide) groups is 1. The first kappa shape index (κ1) is 20.8. The maximum Gasteiger partial charge on any atom is 0.263 e. The first-order valence-electron chi connectivity index (χ1n) is 10.7. The molecule has 0 radical (unpaired) electrons. The second-order valence-corrected chi connectivity index (χ2v) is 9.46. The molecule has 0 saturated heterocycles. The summed E-state index contributed by atoms with van der Waals surface area (Å²) in [6.07, 6.45) is 1.77. The fourth-order valence-corrected chi connectivity index (χ4v) is 5.59. The van der Waals surface area contributed by atoms with Gasteiger partial charge in [0, 0.05) is 17.3 Å². The zero-order chi connectivity index (χ0) is 22.9. The maximum atomic E-state index is 13.3. The minimum atomic E-state index is -0.0737. The molecule has 4 aromatic heterocycles. The van der Waals surface area contributed by atoms with Crippen LogP contribution < -0.4 is 5.56 Å². The number of hydrogen-bond donors (Lipinski definition) is 0. The van der Waals surface area contributed by atoms with Crippen molar-refractivity contribution in [1.29, 1.82) is 0 Å². The lowest BCUT2D eigenvalue weighted by Crippen LogP contribution is -2.24. The van der Waals surface area contributed by atoms with Gasteiger partial charge in [-0.2, -0.15) is 0 Å². The topological polar surface area (TPSA) is 78.0 Å². The second-order valence-electron chi connectivity index (χ2n) is 7.66. The van der Waals surface area contributed by atoms with Crippen LogP contribution in [-0.2, 0) is 12.3 Å². The Morgan fingerprint density at radius 3 is 2.59 bits per heavy atom. The molecule has 0 amide bonds. The van der Waals surface area contributed by atoms with Gasteiger partial charge in [-0.15, -0.1) is 21.5 Å². The molecule has 0 aliphatic rings. The predicted molar refractivity (Wildman–Crippen MR) is 135 cm³/mol. The largest absolute Gasteiger partial charge is 0.272 e. The van der Waals surface area contributed by atoms with Gasteiger partial charge >= 0.3 is 0 Å². The number of fused-ring (bicyclic) bond motifs is 3. The molecule has 0 fully saturated rings. The van der Waals surface area contributed by atoms with E-state index in [1.807, 2.05) is 82.6 Å². The van der Waals surface area contributed by atoms with E-state index >= 15 is 0 Å². The molecule has 0 unspecified atom stereocenters. The van der Waals surface area contributed by atoms with E-state index in [-0.39, 0.29) is 5.56 Å². The highest BCUT2D eigenvalue weighted by atomic mass is 32.2. The summed E-state index contributed by atoms with van der Waals surface area (Å²) in [5, 5.41) is 13.2. The van der Waals surface area contributed by atoms with Crippen molar-refractivity contribution in [3.63, 3.8) is 0 Å². The van der Waals surface area contributed by atoms with E-state index in [0.717, 1.165) is 32.6 Å². The van der Waals surface area contributed by atoms with E-state index in [9.17, 15) is 4.79 Å². The summed E-state index contributed by atoms with van der Waals surface area (Å²) in [4.78, 5) is 22.4. The highest BCUT2D eigenvalue weighted by molar-refractivity contribution is 7.98. The number of nitrogens with zero attached hydrogens (tertiary/aromatic N) is 6. The van der Waals surface area contributed by atoms with Gasteiger partial charge in [0.25, 0.3) is 5.56 Å². The van der Waals surface area contributed by atoms with Crippen LogP contribution in [0.3, 0.4) is 0 Å². The van der Waals surface area contributed by atoms with Crippen LogP contribution in [0.1, 0.15) is 11.3 Å². The van der Waals surface area contributed by atoms with Crippen molar-refractivity contribution in [3.05, 3.63) is 106 Å². The Bertz CT molecular complexity index is 1660. The molecule has 4 heterocycles. The summed E-state index contributed by atoms with van der Waals surface area (Å²) >= 11 is 3.13. The standard InChI is InChI=1S/C25H18N6OS2/c32-23-19-10-4-5-12-21(19)31-24(30(23)14-17-8-2-1-3-9-17)28-29-25(31)34-16-18-15-33-22(27-18)20-11-6-7-13-26-20/h1-13,15H,14,16H2. The molecule has 0 aliphatic carbocycles. The number of thiazole rings is 1. The number of pyridine rings is 1. The Balaban J connectivity index is 1.38.